The van der Waals surface area contributed by atoms with Crippen LogP contribution in [0.1, 0.15) is 18.1 Å². The van der Waals surface area contributed by atoms with Gasteiger partial charge in [0.15, 0.2) is 0 Å². The first-order chi connectivity index (χ1) is 18.3. The van der Waals surface area contributed by atoms with E-state index in [4.69, 9.17) is 0 Å². The van der Waals surface area contributed by atoms with Crippen LogP contribution in [-0.4, -0.2) is 34.2 Å². The highest BCUT2D eigenvalue weighted by Crippen LogP contribution is 2.41. The molecule has 0 saturated heterocycles. The molecular formula is C28H27N5O4S. The molecule has 2 N–H and O–H groups in total. The molecule has 0 bridgehead atoms. The van der Waals surface area contributed by atoms with Gasteiger partial charge in [0, 0.05) is 19.7 Å². The largest absolute Gasteiger partial charge is 0.507 e. The fourth-order valence-electron chi connectivity index (χ4n) is 3.80. The van der Waals surface area contributed by atoms with E-state index in [1.807, 2.05) is 67.6 Å². The lowest BCUT2D eigenvalue weighted by molar-refractivity contribution is 0.397. The Hall–Kier alpha value is -4.41. The molecule has 0 radical (unpaired) electrons. The van der Waals surface area contributed by atoms with Crippen LogP contribution in [0, 0.1) is 0 Å². The number of azo groups is 2. The van der Waals surface area contributed by atoms with Crippen LogP contribution in [0.25, 0.3) is 22.9 Å². The first kappa shape index (κ1) is 26.6. The Kier molecular flexibility index (Phi) is 8.25. The number of phenols is 1. The smallest absolute Gasteiger partial charge is 0.296 e. The zero-order valence-electron chi connectivity index (χ0n) is 21.2. The number of nitrogens with one attached hydrogen (secondary N) is 1. The molecule has 10 heteroatoms. The SMILES string of the molecule is CCNc1ccc2cc(S(=O)(=O)OC)cc(O)c2c1N=Nc1ccc(C=Cc2ccc(N=NC)cc2)cc1. The molecule has 0 aliphatic rings. The van der Waals surface area contributed by atoms with E-state index in [0.717, 1.165) is 30.0 Å². The minimum atomic E-state index is -3.97. The second-order valence-electron chi connectivity index (χ2n) is 8.17. The lowest BCUT2D eigenvalue weighted by atomic mass is 10.1. The highest BCUT2D eigenvalue weighted by Gasteiger charge is 2.19. The molecule has 0 atom stereocenters. The Morgan fingerprint density at radius 1 is 0.868 bits per heavy atom. The van der Waals surface area contributed by atoms with E-state index < -0.39 is 10.1 Å². The van der Waals surface area contributed by atoms with E-state index >= 15 is 0 Å². The standard InChI is InChI=1S/C28H27N5O4S/c1-4-30-25-16-11-21-17-24(38(35,36)37-3)18-26(34)27(21)28(25)33-32-23-14-9-20(10-15-23)6-5-19-7-12-22(13-8-19)31-29-2/h5-18,30,34H,4H2,1-3H3. The summed E-state index contributed by atoms with van der Waals surface area (Å²) < 4.78 is 28.9. The van der Waals surface area contributed by atoms with Gasteiger partial charge in [-0.05, 0) is 59.8 Å². The maximum absolute atomic E-state index is 12.2. The molecule has 0 saturated carbocycles. The molecule has 194 valence electrons. The van der Waals surface area contributed by atoms with Crippen molar-refractivity contribution in [1.82, 2.24) is 0 Å². The van der Waals surface area contributed by atoms with Crippen LogP contribution in [-0.2, 0) is 14.3 Å². The van der Waals surface area contributed by atoms with Gasteiger partial charge < -0.3 is 10.4 Å². The van der Waals surface area contributed by atoms with Gasteiger partial charge in [-0.25, -0.2) is 0 Å². The number of aromatic hydroxyl groups is 1. The quantitative estimate of drug-likeness (QED) is 0.131. The summed E-state index contributed by atoms with van der Waals surface area (Å²) in [5.41, 5.74) is 4.51. The summed E-state index contributed by atoms with van der Waals surface area (Å²) in [6, 6.07) is 21.4. The van der Waals surface area contributed by atoms with Gasteiger partial charge in [-0.15, -0.1) is 5.11 Å². The topological polar surface area (TPSA) is 125 Å². The predicted octanol–water partition coefficient (Wildman–Crippen LogP) is 7.61. The molecule has 0 amide bonds. The normalized spacial score (nSPS) is 12.3. The van der Waals surface area contributed by atoms with Crippen LogP contribution < -0.4 is 5.32 Å². The fourth-order valence-corrected chi connectivity index (χ4v) is 4.52. The van der Waals surface area contributed by atoms with Crippen molar-refractivity contribution >= 4 is 55.8 Å². The van der Waals surface area contributed by atoms with Crippen molar-refractivity contribution in [3.8, 4) is 5.75 Å². The van der Waals surface area contributed by atoms with E-state index in [1.165, 1.54) is 6.07 Å². The summed E-state index contributed by atoms with van der Waals surface area (Å²) in [4.78, 5) is -0.143. The van der Waals surface area contributed by atoms with Crippen molar-refractivity contribution in [3.63, 3.8) is 0 Å². The van der Waals surface area contributed by atoms with E-state index in [1.54, 1.807) is 19.2 Å². The Balaban J connectivity index is 1.62. The predicted molar refractivity (Wildman–Crippen MR) is 150 cm³/mol. The second-order valence-corrected chi connectivity index (χ2v) is 9.88. The van der Waals surface area contributed by atoms with Crippen LogP contribution >= 0.6 is 0 Å². The first-order valence-electron chi connectivity index (χ1n) is 11.8. The zero-order chi connectivity index (χ0) is 27.1. The average molecular weight is 530 g/mol. The second kappa shape index (κ2) is 11.8. The average Bonchev–Trinajstić information content (AvgIpc) is 2.93. The van der Waals surface area contributed by atoms with Crippen molar-refractivity contribution in [2.75, 3.05) is 26.0 Å². The number of nitrogens with zero attached hydrogens (tertiary/aromatic N) is 4. The third-order valence-corrected chi connectivity index (χ3v) is 6.91. The van der Waals surface area contributed by atoms with E-state index in [9.17, 15) is 13.5 Å². The number of hydrogen-bond acceptors (Lipinski definition) is 9. The molecular weight excluding hydrogens is 502 g/mol. The Bertz CT molecular complexity index is 1630. The number of rotatable bonds is 9. The van der Waals surface area contributed by atoms with Gasteiger partial charge in [-0.1, -0.05) is 42.5 Å². The van der Waals surface area contributed by atoms with Crippen molar-refractivity contribution in [2.45, 2.75) is 11.8 Å². The summed E-state index contributed by atoms with van der Waals surface area (Å²) in [5, 5.41) is 31.4. The van der Waals surface area contributed by atoms with E-state index in [0.29, 0.717) is 34.4 Å². The van der Waals surface area contributed by atoms with Crippen molar-refractivity contribution in [3.05, 3.63) is 83.9 Å². The molecule has 4 aromatic rings. The highest BCUT2D eigenvalue weighted by molar-refractivity contribution is 7.86. The molecule has 0 spiro atoms. The Morgan fingerprint density at radius 2 is 1.47 bits per heavy atom. The summed E-state index contributed by atoms with van der Waals surface area (Å²) in [5.74, 6) is -0.238. The van der Waals surface area contributed by atoms with Gasteiger partial charge in [0.1, 0.15) is 11.4 Å². The summed E-state index contributed by atoms with van der Waals surface area (Å²) in [6.45, 7) is 2.56. The zero-order valence-corrected chi connectivity index (χ0v) is 22.0. The van der Waals surface area contributed by atoms with Crippen LogP contribution in [0.15, 0.2) is 98.1 Å². The van der Waals surface area contributed by atoms with Gasteiger partial charge in [0.25, 0.3) is 10.1 Å². The summed E-state index contributed by atoms with van der Waals surface area (Å²) in [7, 11) is -1.27. The molecule has 0 fully saturated rings. The number of hydrogen-bond donors (Lipinski definition) is 2. The number of fused-ring (bicyclic) bond motifs is 1. The van der Waals surface area contributed by atoms with Gasteiger partial charge in [0.05, 0.1) is 34.5 Å². The number of benzene rings is 4. The van der Waals surface area contributed by atoms with Crippen molar-refractivity contribution in [2.24, 2.45) is 20.5 Å². The van der Waals surface area contributed by atoms with E-state index in [-0.39, 0.29) is 10.6 Å². The number of phenolic OH excluding ortho intramolecular Hbond substituents is 1. The Morgan fingerprint density at radius 3 is 2.03 bits per heavy atom. The van der Waals surface area contributed by atoms with Gasteiger partial charge in [-0.2, -0.15) is 23.8 Å². The highest BCUT2D eigenvalue weighted by atomic mass is 32.2. The molecule has 4 aromatic carbocycles. The third-order valence-electron chi connectivity index (χ3n) is 5.65. The van der Waals surface area contributed by atoms with Crippen LogP contribution in [0.2, 0.25) is 0 Å². The maximum atomic E-state index is 12.2. The molecule has 0 heterocycles. The molecule has 0 aliphatic carbocycles. The van der Waals surface area contributed by atoms with Crippen LogP contribution in [0.5, 0.6) is 5.75 Å². The van der Waals surface area contributed by atoms with Gasteiger partial charge >= 0.3 is 0 Å². The molecule has 9 nitrogen and oxygen atoms in total. The molecule has 4 rings (SSSR count). The van der Waals surface area contributed by atoms with E-state index in [2.05, 4.69) is 30.0 Å². The van der Waals surface area contributed by atoms with Crippen molar-refractivity contribution < 1.29 is 17.7 Å². The third kappa shape index (κ3) is 6.10. The molecule has 0 aromatic heterocycles. The fraction of sp³-hybridized carbons (Fsp3) is 0.143. The number of anilines is 1. The maximum Gasteiger partial charge on any atom is 0.296 e. The monoisotopic (exact) mass is 529 g/mol. The van der Waals surface area contributed by atoms with Gasteiger partial charge in [0.2, 0.25) is 0 Å². The lowest BCUT2D eigenvalue weighted by Gasteiger charge is -2.12. The minimum absolute atomic E-state index is 0.143. The van der Waals surface area contributed by atoms with Crippen LogP contribution in [0.4, 0.5) is 22.7 Å². The van der Waals surface area contributed by atoms with Gasteiger partial charge in [-0.3, -0.25) is 4.18 Å². The van der Waals surface area contributed by atoms with Crippen molar-refractivity contribution in [1.29, 1.82) is 0 Å². The summed E-state index contributed by atoms with van der Waals surface area (Å²) >= 11 is 0. The minimum Gasteiger partial charge on any atom is -0.507 e. The first-order valence-corrected chi connectivity index (χ1v) is 13.2. The summed E-state index contributed by atoms with van der Waals surface area (Å²) in [6.07, 6.45) is 4.00. The molecule has 0 unspecified atom stereocenters. The lowest BCUT2D eigenvalue weighted by Crippen LogP contribution is -2.03. The van der Waals surface area contributed by atoms with Crippen LogP contribution in [0.3, 0.4) is 0 Å². The molecule has 38 heavy (non-hydrogen) atoms. The molecule has 0 aliphatic heterocycles. The Labute approximate surface area is 221 Å².